The van der Waals surface area contributed by atoms with Crippen LogP contribution in [0.1, 0.15) is 5.56 Å². The first-order valence-corrected chi connectivity index (χ1v) is 6.56. The van der Waals surface area contributed by atoms with Crippen LogP contribution in [-0.4, -0.2) is 16.7 Å². The number of halogens is 1. The molecule has 0 aliphatic rings. The zero-order chi connectivity index (χ0) is 14.3. The number of fused-ring (bicyclic) bond motifs is 1. The zero-order valence-corrected chi connectivity index (χ0v) is 12.0. The molecule has 0 spiro atoms. The number of anilines is 1. The number of benzene rings is 2. The van der Waals surface area contributed by atoms with Gasteiger partial charge in [-0.15, -0.1) is 0 Å². The Balaban J connectivity index is 2.37. The molecule has 1 aromatic heterocycles. The average Bonchev–Trinajstić information content (AvgIpc) is 2.74. The van der Waals surface area contributed by atoms with Crippen LogP contribution >= 0.6 is 11.6 Å². The van der Waals surface area contributed by atoms with E-state index in [0.29, 0.717) is 11.0 Å². The van der Waals surface area contributed by atoms with Crippen LogP contribution in [0.25, 0.3) is 16.7 Å². The van der Waals surface area contributed by atoms with Crippen LogP contribution in [0.2, 0.25) is 5.02 Å². The van der Waals surface area contributed by atoms with Gasteiger partial charge in [-0.2, -0.15) is 0 Å². The van der Waals surface area contributed by atoms with E-state index >= 15 is 0 Å². The van der Waals surface area contributed by atoms with E-state index in [2.05, 4.69) is 4.98 Å². The molecule has 4 nitrogen and oxygen atoms in total. The second-order valence-corrected chi connectivity index (χ2v) is 5.05. The summed E-state index contributed by atoms with van der Waals surface area (Å²) in [5, 5.41) is 0.644. The molecule has 0 saturated heterocycles. The molecule has 3 aromatic rings. The number of hydrogen-bond acceptors (Lipinski definition) is 3. The van der Waals surface area contributed by atoms with Crippen molar-refractivity contribution in [1.29, 1.82) is 0 Å². The lowest BCUT2D eigenvalue weighted by Gasteiger charge is -2.12. The van der Waals surface area contributed by atoms with Gasteiger partial charge in [0.05, 0.1) is 23.8 Å². The Morgan fingerprint density at radius 3 is 2.75 bits per heavy atom. The maximum absolute atomic E-state index is 6.08. The molecule has 0 fully saturated rings. The Hall–Kier alpha value is -2.20. The number of ether oxygens (including phenoxy) is 1. The zero-order valence-electron chi connectivity index (χ0n) is 11.2. The molecule has 5 heteroatoms. The Bertz CT molecular complexity index is 795. The van der Waals surface area contributed by atoms with Crippen molar-refractivity contribution in [2.24, 2.45) is 0 Å². The number of methoxy groups -OCH3 is 1. The molecule has 0 saturated carbocycles. The second-order valence-electron chi connectivity index (χ2n) is 4.61. The van der Waals surface area contributed by atoms with Crippen molar-refractivity contribution in [3.63, 3.8) is 0 Å². The van der Waals surface area contributed by atoms with Gasteiger partial charge in [-0.3, -0.25) is 4.57 Å². The first-order chi connectivity index (χ1) is 9.60. The van der Waals surface area contributed by atoms with Crippen LogP contribution in [0.5, 0.6) is 5.75 Å². The average molecular weight is 288 g/mol. The summed E-state index contributed by atoms with van der Waals surface area (Å²) in [5.41, 5.74) is 9.69. The van der Waals surface area contributed by atoms with Crippen LogP contribution in [0.4, 0.5) is 5.95 Å². The second kappa shape index (κ2) is 4.72. The molecule has 0 atom stereocenters. The van der Waals surface area contributed by atoms with Crippen LogP contribution in [-0.2, 0) is 0 Å². The highest BCUT2D eigenvalue weighted by atomic mass is 35.5. The van der Waals surface area contributed by atoms with E-state index in [4.69, 9.17) is 22.1 Å². The van der Waals surface area contributed by atoms with Crippen LogP contribution in [0.15, 0.2) is 36.4 Å². The first kappa shape index (κ1) is 12.8. The van der Waals surface area contributed by atoms with Gasteiger partial charge >= 0.3 is 0 Å². The molecule has 0 aliphatic heterocycles. The fourth-order valence-electron chi connectivity index (χ4n) is 2.29. The van der Waals surface area contributed by atoms with Crippen LogP contribution in [0, 0.1) is 6.92 Å². The van der Waals surface area contributed by atoms with Gasteiger partial charge in [0.1, 0.15) is 5.75 Å². The lowest BCUT2D eigenvalue weighted by atomic mass is 10.2. The Morgan fingerprint density at radius 2 is 2.00 bits per heavy atom. The third-order valence-electron chi connectivity index (χ3n) is 3.22. The first-order valence-electron chi connectivity index (χ1n) is 6.18. The highest BCUT2D eigenvalue weighted by Crippen LogP contribution is 2.31. The minimum Gasteiger partial charge on any atom is -0.495 e. The summed E-state index contributed by atoms with van der Waals surface area (Å²) in [7, 11) is 1.64. The van der Waals surface area contributed by atoms with Gasteiger partial charge in [-0.05, 0) is 42.8 Å². The Kier molecular flexibility index (Phi) is 3.03. The molecule has 0 radical (unpaired) electrons. The molecular formula is C15H14ClN3O. The number of aromatic nitrogens is 2. The van der Waals surface area contributed by atoms with E-state index < -0.39 is 0 Å². The molecule has 20 heavy (non-hydrogen) atoms. The number of hydrogen-bond donors (Lipinski definition) is 1. The van der Waals surface area contributed by atoms with Crippen LogP contribution < -0.4 is 10.5 Å². The number of rotatable bonds is 2. The van der Waals surface area contributed by atoms with Crippen molar-refractivity contribution >= 4 is 28.6 Å². The summed E-state index contributed by atoms with van der Waals surface area (Å²) in [6.07, 6.45) is 0. The Labute approximate surface area is 121 Å². The summed E-state index contributed by atoms with van der Waals surface area (Å²) >= 11 is 6.08. The van der Waals surface area contributed by atoms with E-state index in [1.54, 1.807) is 13.2 Å². The SMILES string of the molecule is COc1ccc(C)cc1-n1c(N)nc2ccc(Cl)cc21. The Morgan fingerprint density at radius 1 is 1.20 bits per heavy atom. The van der Waals surface area contributed by atoms with E-state index in [1.165, 1.54) is 0 Å². The van der Waals surface area contributed by atoms with E-state index in [-0.39, 0.29) is 0 Å². The number of nitrogens with two attached hydrogens (primary N) is 1. The largest absolute Gasteiger partial charge is 0.495 e. The van der Waals surface area contributed by atoms with Gasteiger partial charge in [0.2, 0.25) is 5.95 Å². The van der Waals surface area contributed by atoms with Crippen molar-refractivity contribution in [1.82, 2.24) is 9.55 Å². The van der Waals surface area contributed by atoms with Gasteiger partial charge in [-0.25, -0.2) is 4.98 Å². The summed E-state index contributed by atoms with van der Waals surface area (Å²) < 4.78 is 7.28. The topological polar surface area (TPSA) is 53.1 Å². The minimum absolute atomic E-state index is 0.408. The van der Waals surface area contributed by atoms with Crippen molar-refractivity contribution in [2.45, 2.75) is 6.92 Å². The standard InChI is InChI=1S/C15H14ClN3O/c1-9-3-6-14(20-2)13(7-9)19-12-8-10(16)4-5-11(12)18-15(19)17/h3-8H,1-2H3,(H2,17,18). The summed E-state index contributed by atoms with van der Waals surface area (Å²) in [6.45, 7) is 2.02. The maximum atomic E-state index is 6.08. The smallest absolute Gasteiger partial charge is 0.206 e. The van der Waals surface area contributed by atoms with Gasteiger partial charge in [0, 0.05) is 5.02 Å². The van der Waals surface area contributed by atoms with Crippen molar-refractivity contribution in [2.75, 3.05) is 12.8 Å². The lowest BCUT2D eigenvalue weighted by Crippen LogP contribution is -2.03. The fraction of sp³-hybridized carbons (Fsp3) is 0.133. The molecule has 102 valence electrons. The van der Waals surface area contributed by atoms with Gasteiger partial charge in [0.25, 0.3) is 0 Å². The predicted octanol–water partition coefficient (Wildman–Crippen LogP) is 3.58. The molecule has 2 aromatic carbocycles. The molecule has 0 bridgehead atoms. The highest BCUT2D eigenvalue weighted by molar-refractivity contribution is 6.31. The molecule has 3 rings (SSSR count). The van der Waals surface area contributed by atoms with E-state index in [0.717, 1.165) is 28.0 Å². The number of nitrogens with zero attached hydrogens (tertiary/aromatic N) is 2. The lowest BCUT2D eigenvalue weighted by molar-refractivity contribution is 0.413. The third kappa shape index (κ3) is 1.98. The summed E-state index contributed by atoms with van der Waals surface area (Å²) in [6, 6.07) is 11.4. The minimum atomic E-state index is 0.408. The quantitative estimate of drug-likeness (QED) is 0.784. The summed E-state index contributed by atoms with van der Waals surface area (Å²) in [4.78, 5) is 4.36. The summed E-state index contributed by atoms with van der Waals surface area (Å²) in [5.74, 6) is 1.15. The number of nitrogen functional groups attached to an aromatic ring is 1. The number of aryl methyl sites for hydroxylation is 1. The van der Waals surface area contributed by atoms with E-state index in [1.807, 2.05) is 41.8 Å². The molecule has 0 aliphatic carbocycles. The normalized spacial score (nSPS) is 10.9. The molecule has 2 N–H and O–H groups in total. The number of imidazole rings is 1. The predicted molar refractivity (Wildman–Crippen MR) is 81.8 cm³/mol. The molecular weight excluding hydrogens is 274 g/mol. The molecule has 1 heterocycles. The fourth-order valence-corrected chi connectivity index (χ4v) is 2.46. The molecule has 0 amide bonds. The third-order valence-corrected chi connectivity index (χ3v) is 3.45. The maximum Gasteiger partial charge on any atom is 0.206 e. The monoisotopic (exact) mass is 287 g/mol. The van der Waals surface area contributed by atoms with Gasteiger partial charge < -0.3 is 10.5 Å². The van der Waals surface area contributed by atoms with Crippen molar-refractivity contribution < 1.29 is 4.74 Å². The van der Waals surface area contributed by atoms with Crippen molar-refractivity contribution in [3.8, 4) is 11.4 Å². The van der Waals surface area contributed by atoms with Crippen LogP contribution in [0.3, 0.4) is 0 Å². The molecule has 0 unspecified atom stereocenters. The van der Waals surface area contributed by atoms with Gasteiger partial charge in [-0.1, -0.05) is 17.7 Å². The van der Waals surface area contributed by atoms with E-state index in [9.17, 15) is 0 Å². The van der Waals surface area contributed by atoms with Crippen molar-refractivity contribution in [3.05, 3.63) is 47.0 Å². The highest BCUT2D eigenvalue weighted by Gasteiger charge is 2.14. The van der Waals surface area contributed by atoms with Gasteiger partial charge in [0.15, 0.2) is 0 Å².